The number of nitrogens with zero attached hydrogens (tertiary/aromatic N) is 1. The summed E-state index contributed by atoms with van der Waals surface area (Å²) in [6, 6.07) is 30.2. The lowest BCUT2D eigenvalue weighted by Gasteiger charge is -2.30. The summed E-state index contributed by atoms with van der Waals surface area (Å²) in [5.41, 5.74) is 2.55. The van der Waals surface area contributed by atoms with Crippen molar-refractivity contribution in [2.75, 3.05) is 4.31 Å². The Balaban J connectivity index is 1.38. The number of carbonyl (C=O) groups excluding carboxylic acids is 1. The average molecular weight is 518 g/mol. The zero-order valence-electron chi connectivity index (χ0n) is 20.8. The van der Waals surface area contributed by atoms with Crippen LogP contribution in [0.5, 0.6) is 5.75 Å². The summed E-state index contributed by atoms with van der Waals surface area (Å²) in [5, 5.41) is 1.82. The Labute approximate surface area is 220 Å². The van der Waals surface area contributed by atoms with E-state index in [1.165, 1.54) is 4.31 Å². The van der Waals surface area contributed by atoms with Gasteiger partial charge < -0.3 is 9.47 Å². The predicted octanol–water partition coefficient (Wildman–Crippen LogP) is 6.66. The number of ether oxygens (including phenoxy) is 2. The van der Waals surface area contributed by atoms with Gasteiger partial charge in [-0.05, 0) is 41.1 Å². The number of benzene rings is 4. The first-order chi connectivity index (χ1) is 18.0. The molecular formula is C30H31NO5S. The molecule has 4 rings (SSSR count). The summed E-state index contributed by atoms with van der Waals surface area (Å²) < 4.78 is 35.5. The molecule has 6 nitrogen and oxygen atoms in total. The molecule has 0 spiro atoms. The van der Waals surface area contributed by atoms with E-state index in [9.17, 15) is 13.6 Å². The van der Waals surface area contributed by atoms with Crippen LogP contribution in [0, 0.1) is 0 Å². The van der Waals surface area contributed by atoms with E-state index < -0.39 is 23.3 Å². The first-order valence-corrected chi connectivity index (χ1v) is 13.4. The van der Waals surface area contributed by atoms with Crippen molar-refractivity contribution < 1.29 is 23.0 Å². The molecule has 1 N–H and O–H groups in total. The van der Waals surface area contributed by atoms with Gasteiger partial charge in [-0.1, -0.05) is 92.2 Å². The minimum absolute atomic E-state index is 0.00162. The maximum atomic E-state index is 12.8. The third-order valence-electron chi connectivity index (χ3n) is 6.10. The molecule has 37 heavy (non-hydrogen) atoms. The van der Waals surface area contributed by atoms with Crippen molar-refractivity contribution in [2.45, 2.75) is 45.4 Å². The molecule has 0 aliphatic carbocycles. The molecule has 0 bridgehead atoms. The topological polar surface area (TPSA) is 76.1 Å². The van der Waals surface area contributed by atoms with Crippen LogP contribution in [0.3, 0.4) is 0 Å². The van der Waals surface area contributed by atoms with Gasteiger partial charge >= 0.3 is 5.97 Å². The zero-order chi connectivity index (χ0) is 26.0. The minimum Gasteiger partial charge on any atom is -0.489 e. The smallest absolute Gasteiger partial charge is 0.308 e. The highest BCUT2D eigenvalue weighted by Crippen LogP contribution is 2.31. The molecule has 0 heterocycles. The summed E-state index contributed by atoms with van der Waals surface area (Å²) in [6.07, 6.45) is 1.32. The molecule has 0 amide bonds. The van der Waals surface area contributed by atoms with E-state index in [1.807, 2.05) is 104 Å². The lowest BCUT2D eigenvalue weighted by atomic mass is 10.0. The van der Waals surface area contributed by atoms with Gasteiger partial charge in [0.05, 0.1) is 18.2 Å². The second-order valence-electron chi connectivity index (χ2n) is 8.78. The molecule has 7 heteroatoms. The van der Waals surface area contributed by atoms with Crippen molar-refractivity contribution in [1.29, 1.82) is 0 Å². The van der Waals surface area contributed by atoms with E-state index in [1.54, 1.807) is 0 Å². The molecular weight excluding hydrogens is 486 g/mol. The highest BCUT2D eigenvalue weighted by atomic mass is 32.2. The number of hydrogen-bond donors (Lipinski definition) is 1. The SMILES string of the molecule is CCCC(CC(=O)OCc1ccc(OCc2ccccc2)cc1)N(c1cccc2ccccc12)S(=O)O. The van der Waals surface area contributed by atoms with Crippen LogP contribution in [0.15, 0.2) is 97.1 Å². The zero-order valence-corrected chi connectivity index (χ0v) is 21.6. The molecule has 4 aromatic rings. The number of anilines is 1. The van der Waals surface area contributed by atoms with Crippen molar-refractivity contribution in [3.05, 3.63) is 108 Å². The third-order valence-corrected chi connectivity index (χ3v) is 6.93. The van der Waals surface area contributed by atoms with Gasteiger partial charge in [0.1, 0.15) is 19.0 Å². The van der Waals surface area contributed by atoms with Gasteiger partial charge in [-0.15, -0.1) is 0 Å². The molecule has 0 saturated carbocycles. The number of fused-ring (bicyclic) bond motifs is 1. The minimum atomic E-state index is -2.31. The Bertz CT molecular complexity index is 1320. The predicted molar refractivity (Wildman–Crippen MR) is 148 cm³/mol. The molecule has 0 saturated heterocycles. The van der Waals surface area contributed by atoms with Crippen LogP contribution in [0.25, 0.3) is 10.8 Å². The van der Waals surface area contributed by atoms with E-state index in [0.717, 1.165) is 34.1 Å². The van der Waals surface area contributed by atoms with Crippen LogP contribution >= 0.6 is 0 Å². The second-order valence-corrected chi connectivity index (χ2v) is 9.64. The quantitative estimate of drug-likeness (QED) is 0.168. The highest BCUT2D eigenvalue weighted by molar-refractivity contribution is 7.80. The summed E-state index contributed by atoms with van der Waals surface area (Å²) in [4.78, 5) is 12.8. The molecule has 2 atom stereocenters. The first kappa shape index (κ1) is 26.4. The number of rotatable bonds is 12. The third kappa shape index (κ3) is 7.18. The second kappa shape index (κ2) is 13.0. The maximum absolute atomic E-state index is 12.8. The molecule has 0 aliphatic heterocycles. The Morgan fingerprint density at radius 3 is 2.27 bits per heavy atom. The van der Waals surface area contributed by atoms with Crippen molar-refractivity contribution >= 4 is 33.7 Å². The van der Waals surface area contributed by atoms with Crippen molar-refractivity contribution in [3.8, 4) is 5.75 Å². The molecule has 0 aliphatic rings. The van der Waals surface area contributed by atoms with Crippen LogP contribution in [-0.2, 0) is 34.0 Å². The Morgan fingerprint density at radius 2 is 1.54 bits per heavy atom. The maximum Gasteiger partial charge on any atom is 0.308 e. The van der Waals surface area contributed by atoms with Gasteiger partial charge in [-0.3, -0.25) is 13.7 Å². The molecule has 0 fully saturated rings. The normalized spacial score (nSPS) is 12.6. The lowest BCUT2D eigenvalue weighted by Crippen LogP contribution is -2.38. The van der Waals surface area contributed by atoms with E-state index in [4.69, 9.17) is 9.47 Å². The van der Waals surface area contributed by atoms with Gasteiger partial charge in [-0.25, -0.2) is 4.21 Å². The van der Waals surface area contributed by atoms with Crippen molar-refractivity contribution in [3.63, 3.8) is 0 Å². The Kier molecular flexibility index (Phi) is 9.29. The van der Waals surface area contributed by atoms with Crippen LogP contribution in [0.4, 0.5) is 5.69 Å². The van der Waals surface area contributed by atoms with Crippen molar-refractivity contribution in [2.24, 2.45) is 0 Å². The van der Waals surface area contributed by atoms with E-state index in [0.29, 0.717) is 18.7 Å². The lowest BCUT2D eigenvalue weighted by molar-refractivity contribution is -0.145. The fourth-order valence-electron chi connectivity index (χ4n) is 4.28. The summed E-state index contributed by atoms with van der Waals surface area (Å²) >= 11 is -2.31. The summed E-state index contributed by atoms with van der Waals surface area (Å²) in [6.45, 7) is 2.59. The monoisotopic (exact) mass is 517 g/mol. The largest absolute Gasteiger partial charge is 0.489 e. The fourth-order valence-corrected chi connectivity index (χ4v) is 5.04. The van der Waals surface area contributed by atoms with E-state index in [-0.39, 0.29) is 13.0 Å². The van der Waals surface area contributed by atoms with Gasteiger partial charge in [0.15, 0.2) is 0 Å². The number of carbonyl (C=O) groups is 1. The number of esters is 1. The fraction of sp³-hybridized carbons (Fsp3) is 0.233. The van der Waals surface area contributed by atoms with Crippen LogP contribution in [-0.4, -0.2) is 20.8 Å². The van der Waals surface area contributed by atoms with Crippen LogP contribution in [0.1, 0.15) is 37.3 Å². The van der Waals surface area contributed by atoms with Gasteiger partial charge in [0, 0.05) is 5.39 Å². The Hall–Kier alpha value is -3.68. The highest BCUT2D eigenvalue weighted by Gasteiger charge is 2.27. The van der Waals surface area contributed by atoms with Crippen LogP contribution in [0.2, 0.25) is 0 Å². The molecule has 0 radical (unpaired) electrons. The molecule has 192 valence electrons. The van der Waals surface area contributed by atoms with Gasteiger partial charge in [-0.2, -0.15) is 0 Å². The number of hydrogen-bond acceptors (Lipinski definition) is 4. The Morgan fingerprint density at radius 1 is 0.865 bits per heavy atom. The molecule has 4 aromatic carbocycles. The van der Waals surface area contributed by atoms with Crippen LogP contribution < -0.4 is 9.04 Å². The first-order valence-electron chi connectivity index (χ1n) is 12.3. The molecule has 0 aromatic heterocycles. The van der Waals surface area contributed by atoms with E-state index >= 15 is 0 Å². The standard InChI is InChI=1S/C30H31NO5S/c1-2-9-26(31(37(33)34)29-15-8-13-25-12-6-7-14-28(25)29)20-30(32)36-22-24-16-18-27(19-17-24)35-21-23-10-4-3-5-11-23/h3-8,10-19,26H,2,9,20-22H2,1H3,(H,33,34). The average Bonchev–Trinajstić information content (AvgIpc) is 2.92. The van der Waals surface area contributed by atoms with E-state index in [2.05, 4.69) is 0 Å². The van der Waals surface area contributed by atoms with Crippen molar-refractivity contribution in [1.82, 2.24) is 0 Å². The molecule has 2 unspecified atom stereocenters. The van der Waals surface area contributed by atoms with Gasteiger partial charge in [0.2, 0.25) is 0 Å². The summed E-state index contributed by atoms with van der Waals surface area (Å²) in [7, 11) is 0. The summed E-state index contributed by atoms with van der Waals surface area (Å²) in [5.74, 6) is 0.316. The van der Waals surface area contributed by atoms with Gasteiger partial charge in [0.25, 0.3) is 11.3 Å².